The van der Waals surface area contributed by atoms with Gasteiger partial charge in [0, 0.05) is 26.3 Å². The predicted octanol–water partition coefficient (Wildman–Crippen LogP) is 2.47. The van der Waals surface area contributed by atoms with Gasteiger partial charge in [-0.1, -0.05) is 80.6 Å². The fourth-order valence-electron chi connectivity index (χ4n) is 7.22. The SMILES string of the molecule is COC(=O)[C@H](Cc1ccc(OCc2ccccc2)c(I)c1)NC(=O)CNC(=O)[C@@H]1CCCN1C(=O)[C@@H](Cc1ccccc1)NC(=O)[C@H](C)NC(=O)[C@H](CC(C)C)NC(=O)[C@@H](C)NC(C)=O. The van der Waals surface area contributed by atoms with E-state index in [0.29, 0.717) is 25.2 Å². The van der Waals surface area contributed by atoms with Crippen molar-refractivity contribution in [3.63, 3.8) is 0 Å². The molecule has 0 unspecified atom stereocenters. The lowest BCUT2D eigenvalue weighted by Crippen LogP contribution is -2.59. The summed E-state index contributed by atoms with van der Waals surface area (Å²) in [7, 11) is 1.22. The fourth-order valence-corrected chi connectivity index (χ4v) is 7.96. The molecule has 1 fully saturated rings. The van der Waals surface area contributed by atoms with Crippen LogP contribution in [0, 0.1) is 9.49 Å². The first-order chi connectivity index (χ1) is 30.9. The van der Waals surface area contributed by atoms with Crippen molar-refractivity contribution in [3.05, 3.63) is 99.1 Å². The third-order valence-electron chi connectivity index (χ3n) is 10.6. The van der Waals surface area contributed by atoms with Crippen LogP contribution in [-0.4, -0.2) is 109 Å². The van der Waals surface area contributed by atoms with Crippen LogP contribution in [0.4, 0.5) is 0 Å². The van der Waals surface area contributed by atoms with Crippen molar-refractivity contribution >= 4 is 69.9 Å². The van der Waals surface area contributed by atoms with Gasteiger partial charge in [0.2, 0.25) is 41.4 Å². The molecule has 1 heterocycles. The van der Waals surface area contributed by atoms with Crippen LogP contribution in [0.5, 0.6) is 5.75 Å². The molecule has 0 radical (unpaired) electrons. The number of carbonyl (C=O) groups is 8. The maximum Gasteiger partial charge on any atom is 0.328 e. The molecule has 1 aliphatic rings. The third-order valence-corrected chi connectivity index (χ3v) is 11.4. The Hall–Kier alpha value is -6.05. The van der Waals surface area contributed by atoms with Gasteiger partial charge in [-0.25, -0.2) is 4.79 Å². The maximum atomic E-state index is 14.3. The topological polar surface area (TPSA) is 230 Å². The quantitative estimate of drug-likeness (QED) is 0.0637. The lowest BCUT2D eigenvalue weighted by atomic mass is 10.0. The van der Waals surface area contributed by atoms with Gasteiger partial charge >= 0.3 is 5.97 Å². The number of likely N-dealkylation sites (tertiary alicyclic amines) is 1. The Balaban J connectivity index is 1.38. The highest BCUT2D eigenvalue weighted by Gasteiger charge is 2.39. The van der Waals surface area contributed by atoms with E-state index in [-0.39, 0.29) is 31.7 Å². The second-order valence-corrected chi connectivity index (χ2v) is 17.6. The van der Waals surface area contributed by atoms with Crippen LogP contribution in [0.1, 0.15) is 70.6 Å². The van der Waals surface area contributed by atoms with Crippen LogP contribution < -0.4 is 36.6 Å². The van der Waals surface area contributed by atoms with Crippen LogP contribution in [-0.2, 0) is 62.5 Å². The average Bonchev–Trinajstić information content (AvgIpc) is 3.77. The molecule has 0 saturated carbocycles. The zero-order valence-electron chi connectivity index (χ0n) is 37.6. The molecule has 0 bridgehead atoms. The van der Waals surface area contributed by atoms with Gasteiger partial charge in [-0.05, 0) is 90.4 Å². The van der Waals surface area contributed by atoms with Crippen molar-refractivity contribution < 1.29 is 47.8 Å². The standard InChI is InChI=1S/C47H60IN7O10/c1-28(2)22-36(53-42(58)29(3)50-31(5)56)44(60)51-30(4)43(59)54-37(24-32-14-9-7-10-15-32)46(62)55-21-13-18-39(55)45(61)49-26-41(57)52-38(47(63)64-6)25-34-19-20-40(35(48)23-34)65-27-33-16-11-8-12-17-33/h7-12,14-17,19-20,23,28-30,36-39H,13,18,21-22,24-27H2,1-6H3,(H,49,61)(H,50,56)(H,51,60)(H,52,57)(H,53,58)(H,54,59)/t29-,30+,36+,37-,38+,39+/m1/s1. The summed E-state index contributed by atoms with van der Waals surface area (Å²) in [5, 5.41) is 15.8. The molecule has 3 aromatic rings. The normalized spacial score (nSPS) is 15.6. The first-order valence-electron chi connectivity index (χ1n) is 21.6. The minimum absolute atomic E-state index is 0.0131. The van der Waals surface area contributed by atoms with Crippen molar-refractivity contribution in [1.82, 2.24) is 36.8 Å². The number of benzene rings is 3. The van der Waals surface area contributed by atoms with E-state index in [1.807, 2.05) is 56.3 Å². The summed E-state index contributed by atoms with van der Waals surface area (Å²) in [4.78, 5) is 107. The van der Waals surface area contributed by atoms with Crippen molar-refractivity contribution in [2.75, 3.05) is 20.2 Å². The molecule has 7 amide bonds. The summed E-state index contributed by atoms with van der Waals surface area (Å²) in [5.41, 5.74) is 2.48. The van der Waals surface area contributed by atoms with Gasteiger partial charge in [-0.3, -0.25) is 33.6 Å². The number of nitrogens with one attached hydrogen (secondary N) is 6. The lowest BCUT2D eigenvalue weighted by molar-refractivity contribution is -0.145. The highest BCUT2D eigenvalue weighted by atomic mass is 127. The van der Waals surface area contributed by atoms with Gasteiger partial charge in [-0.2, -0.15) is 0 Å². The highest BCUT2D eigenvalue weighted by molar-refractivity contribution is 14.1. The Morgan fingerprint density at radius 3 is 1.91 bits per heavy atom. The molecule has 18 heteroatoms. The average molecular weight is 1010 g/mol. The largest absolute Gasteiger partial charge is 0.488 e. The van der Waals surface area contributed by atoms with Gasteiger partial charge in [0.15, 0.2) is 0 Å². The van der Waals surface area contributed by atoms with E-state index >= 15 is 0 Å². The number of amides is 7. The van der Waals surface area contributed by atoms with E-state index in [9.17, 15) is 38.4 Å². The second kappa shape index (κ2) is 25.4. The van der Waals surface area contributed by atoms with E-state index in [2.05, 4.69) is 54.5 Å². The fraction of sp³-hybridized carbons (Fsp3) is 0.447. The smallest absolute Gasteiger partial charge is 0.328 e. The molecule has 17 nitrogen and oxygen atoms in total. The van der Waals surface area contributed by atoms with Crippen LogP contribution in [0.25, 0.3) is 0 Å². The highest BCUT2D eigenvalue weighted by Crippen LogP contribution is 2.24. The van der Waals surface area contributed by atoms with E-state index in [4.69, 9.17) is 9.47 Å². The Morgan fingerprint density at radius 1 is 0.708 bits per heavy atom. The van der Waals surface area contributed by atoms with Crippen LogP contribution >= 0.6 is 22.6 Å². The minimum atomic E-state index is -1.14. The van der Waals surface area contributed by atoms with Crippen molar-refractivity contribution in [2.45, 2.75) is 110 Å². The van der Waals surface area contributed by atoms with Crippen molar-refractivity contribution in [3.8, 4) is 5.75 Å². The molecule has 4 rings (SSSR count). The zero-order chi connectivity index (χ0) is 47.6. The van der Waals surface area contributed by atoms with Gasteiger partial charge in [0.25, 0.3) is 0 Å². The van der Waals surface area contributed by atoms with Crippen molar-refractivity contribution in [2.24, 2.45) is 5.92 Å². The van der Waals surface area contributed by atoms with Gasteiger partial charge in [0.05, 0.1) is 17.2 Å². The molecule has 6 N–H and O–H groups in total. The number of carbonyl (C=O) groups excluding carboxylic acids is 8. The molecule has 3 aromatic carbocycles. The molecule has 65 heavy (non-hydrogen) atoms. The minimum Gasteiger partial charge on any atom is -0.488 e. The summed E-state index contributed by atoms with van der Waals surface area (Å²) in [6, 6.07) is 17.9. The monoisotopic (exact) mass is 1010 g/mol. The first kappa shape index (κ1) is 51.6. The van der Waals surface area contributed by atoms with Crippen LogP contribution in [0.2, 0.25) is 0 Å². The molecule has 0 aromatic heterocycles. The Morgan fingerprint density at radius 2 is 1.31 bits per heavy atom. The summed E-state index contributed by atoms with van der Waals surface area (Å²) in [5.74, 6) is -4.06. The second-order valence-electron chi connectivity index (χ2n) is 16.4. The van der Waals surface area contributed by atoms with Gasteiger partial charge < -0.3 is 46.3 Å². The predicted molar refractivity (Wildman–Crippen MR) is 250 cm³/mol. The number of rotatable bonds is 22. The molecule has 350 valence electrons. The summed E-state index contributed by atoms with van der Waals surface area (Å²) < 4.78 is 11.7. The number of hydrogen-bond acceptors (Lipinski definition) is 10. The van der Waals surface area contributed by atoms with Gasteiger partial charge in [-0.15, -0.1) is 0 Å². The van der Waals surface area contributed by atoms with E-state index in [0.717, 1.165) is 20.3 Å². The zero-order valence-corrected chi connectivity index (χ0v) is 39.8. The Bertz CT molecular complexity index is 2140. The number of nitrogens with zero attached hydrogens (tertiary/aromatic N) is 1. The maximum absolute atomic E-state index is 14.3. The molecule has 0 spiro atoms. The molecular formula is C47H60IN7O10. The van der Waals surface area contributed by atoms with Crippen LogP contribution in [0.15, 0.2) is 78.9 Å². The number of ether oxygens (including phenoxy) is 2. The Kier molecular flexibility index (Phi) is 20.2. The third kappa shape index (κ3) is 16.5. The van der Waals surface area contributed by atoms with E-state index in [1.54, 1.807) is 36.4 Å². The molecule has 1 saturated heterocycles. The molecule has 6 atom stereocenters. The van der Waals surface area contributed by atoms with Crippen LogP contribution in [0.3, 0.4) is 0 Å². The summed E-state index contributed by atoms with van der Waals surface area (Å²) in [6.45, 7) is 8.06. The molecule has 1 aliphatic heterocycles. The van der Waals surface area contributed by atoms with Crippen molar-refractivity contribution in [1.29, 1.82) is 0 Å². The van der Waals surface area contributed by atoms with Gasteiger partial charge in [0.1, 0.15) is 48.6 Å². The summed E-state index contributed by atoms with van der Waals surface area (Å²) in [6.07, 6.45) is 1.22. The van der Waals surface area contributed by atoms with E-state index < -0.39 is 90.1 Å². The first-order valence-corrected chi connectivity index (χ1v) is 22.7. The number of methoxy groups -OCH3 is 1. The number of hydrogen-bond donors (Lipinski definition) is 6. The number of halogens is 1. The number of esters is 1. The lowest BCUT2D eigenvalue weighted by Gasteiger charge is -2.30. The molecule has 0 aliphatic carbocycles. The van der Waals surface area contributed by atoms with E-state index in [1.165, 1.54) is 32.8 Å². The Labute approximate surface area is 393 Å². The molecular weight excluding hydrogens is 949 g/mol. The summed E-state index contributed by atoms with van der Waals surface area (Å²) >= 11 is 2.15.